The highest BCUT2D eigenvalue weighted by molar-refractivity contribution is 5.85. The van der Waals surface area contributed by atoms with Gasteiger partial charge in [0, 0.05) is 13.5 Å². The van der Waals surface area contributed by atoms with Gasteiger partial charge in [-0.15, -0.1) is 0 Å². The number of carbonyl (C=O) groups is 1. The molecule has 0 aromatic rings. The van der Waals surface area contributed by atoms with Gasteiger partial charge in [-0.2, -0.15) is 0 Å². The molecular weight excluding hydrogens is 252 g/mol. The molecule has 1 saturated carbocycles. The Morgan fingerprint density at radius 1 is 1.50 bits per heavy atom. The molecule has 0 aromatic heterocycles. The zero-order valence-corrected chi connectivity index (χ0v) is 13.6. The monoisotopic (exact) mass is 282 g/mol. The fourth-order valence-corrected chi connectivity index (χ4v) is 3.10. The van der Waals surface area contributed by atoms with Crippen molar-refractivity contribution in [2.45, 2.75) is 65.6 Å². The number of ether oxygens (including phenoxy) is 1. The number of allylic oxidation sites excluding steroid dienone is 1. The Labute approximate surface area is 123 Å². The van der Waals surface area contributed by atoms with E-state index in [9.17, 15) is 9.90 Å². The van der Waals surface area contributed by atoms with Gasteiger partial charge in [-0.3, -0.25) is 4.79 Å². The Balaban J connectivity index is 2.82. The highest BCUT2D eigenvalue weighted by atomic mass is 16.5. The highest BCUT2D eigenvalue weighted by Crippen LogP contribution is 2.34. The molecule has 0 aromatic carbocycles. The fourth-order valence-electron chi connectivity index (χ4n) is 3.10. The summed E-state index contributed by atoms with van der Waals surface area (Å²) in [6.45, 7) is 8.40. The molecule has 1 fully saturated rings. The number of Topliss-reactive ketones (excluding diaryl/α,β-unsaturated/α-hetero) is 1. The van der Waals surface area contributed by atoms with Gasteiger partial charge in [-0.25, -0.2) is 0 Å². The molecule has 1 N–H and O–H groups in total. The van der Waals surface area contributed by atoms with Gasteiger partial charge in [0.15, 0.2) is 0 Å². The largest absolute Gasteiger partial charge is 0.390 e. The molecule has 0 bridgehead atoms. The zero-order chi connectivity index (χ0) is 15.3. The van der Waals surface area contributed by atoms with Crippen molar-refractivity contribution in [1.82, 2.24) is 0 Å². The predicted octanol–water partition coefficient (Wildman–Crippen LogP) is 3.36. The minimum atomic E-state index is -0.541. The van der Waals surface area contributed by atoms with Crippen LogP contribution in [0.25, 0.3) is 0 Å². The molecule has 0 amide bonds. The van der Waals surface area contributed by atoms with Crippen molar-refractivity contribution in [3.05, 3.63) is 11.6 Å². The molecule has 4 atom stereocenters. The summed E-state index contributed by atoms with van der Waals surface area (Å²) < 4.78 is 5.46. The van der Waals surface area contributed by atoms with Crippen LogP contribution in [0.1, 0.15) is 53.4 Å². The molecule has 0 saturated heterocycles. The average molecular weight is 282 g/mol. The molecule has 3 heteroatoms. The molecule has 116 valence electrons. The molecule has 0 radical (unpaired) electrons. The van der Waals surface area contributed by atoms with Gasteiger partial charge in [-0.05, 0) is 31.6 Å². The lowest BCUT2D eigenvalue weighted by molar-refractivity contribution is -0.143. The number of aliphatic hydroxyl groups excluding tert-OH is 1. The molecule has 0 heterocycles. The second kappa shape index (κ2) is 7.94. The van der Waals surface area contributed by atoms with Gasteiger partial charge in [0.1, 0.15) is 5.78 Å². The van der Waals surface area contributed by atoms with Crippen molar-refractivity contribution in [2.75, 3.05) is 7.11 Å². The summed E-state index contributed by atoms with van der Waals surface area (Å²) in [5.41, 5.74) is 1.05. The van der Waals surface area contributed by atoms with Crippen molar-refractivity contribution in [3.63, 3.8) is 0 Å². The first-order chi connectivity index (χ1) is 9.42. The molecular formula is C17H30O3. The first-order valence-electron chi connectivity index (χ1n) is 7.82. The summed E-state index contributed by atoms with van der Waals surface area (Å²) in [6.07, 6.45) is 4.60. The number of hydrogen-bond acceptors (Lipinski definition) is 3. The van der Waals surface area contributed by atoms with Crippen LogP contribution < -0.4 is 0 Å². The lowest BCUT2D eigenvalue weighted by Gasteiger charge is -2.38. The molecule has 4 unspecified atom stereocenters. The van der Waals surface area contributed by atoms with Crippen molar-refractivity contribution in [2.24, 2.45) is 17.8 Å². The summed E-state index contributed by atoms with van der Waals surface area (Å²) in [6, 6.07) is 0. The Morgan fingerprint density at radius 3 is 2.65 bits per heavy atom. The fraction of sp³-hybridized carbons (Fsp3) is 0.824. The van der Waals surface area contributed by atoms with Crippen molar-refractivity contribution >= 4 is 5.78 Å². The molecule has 1 aliphatic carbocycles. The third kappa shape index (κ3) is 4.16. The van der Waals surface area contributed by atoms with E-state index in [1.165, 1.54) is 0 Å². The minimum absolute atomic E-state index is 0.0344. The number of rotatable bonds is 6. The van der Waals surface area contributed by atoms with E-state index in [1.54, 1.807) is 7.11 Å². The first kappa shape index (κ1) is 17.4. The van der Waals surface area contributed by atoms with E-state index >= 15 is 0 Å². The zero-order valence-electron chi connectivity index (χ0n) is 13.6. The summed E-state index contributed by atoms with van der Waals surface area (Å²) in [5, 5.41) is 10.4. The summed E-state index contributed by atoms with van der Waals surface area (Å²) in [7, 11) is 1.59. The second-order valence-corrected chi connectivity index (χ2v) is 6.43. The second-order valence-electron chi connectivity index (χ2n) is 6.43. The van der Waals surface area contributed by atoms with E-state index in [0.29, 0.717) is 12.3 Å². The Bertz CT molecular complexity index is 346. The maximum atomic E-state index is 12.4. The van der Waals surface area contributed by atoms with Crippen LogP contribution in [0.3, 0.4) is 0 Å². The van der Waals surface area contributed by atoms with E-state index < -0.39 is 12.2 Å². The minimum Gasteiger partial charge on any atom is -0.390 e. The molecule has 1 aliphatic rings. The van der Waals surface area contributed by atoms with Gasteiger partial charge in [0.2, 0.25) is 0 Å². The smallest absolute Gasteiger partial charge is 0.143 e. The third-order valence-corrected chi connectivity index (χ3v) is 4.46. The topological polar surface area (TPSA) is 46.5 Å². The maximum absolute atomic E-state index is 12.4. The van der Waals surface area contributed by atoms with Crippen molar-refractivity contribution < 1.29 is 14.6 Å². The van der Waals surface area contributed by atoms with E-state index in [1.807, 2.05) is 13.8 Å². The quantitative estimate of drug-likeness (QED) is 0.760. The van der Waals surface area contributed by atoms with Gasteiger partial charge in [0.05, 0.1) is 18.1 Å². The van der Waals surface area contributed by atoms with Crippen LogP contribution in [0.2, 0.25) is 0 Å². The van der Waals surface area contributed by atoms with Crippen LogP contribution in [0, 0.1) is 17.8 Å². The van der Waals surface area contributed by atoms with E-state index in [0.717, 1.165) is 24.8 Å². The molecule has 0 spiro atoms. The van der Waals surface area contributed by atoms with Gasteiger partial charge >= 0.3 is 0 Å². The van der Waals surface area contributed by atoms with Gasteiger partial charge < -0.3 is 9.84 Å². The lowest BCUT2D eigenvalue weighted by atomic mass is 9.72. The van der Waals surface area contributed by atoms with Crippen molar-refractivity contribution in [1.29, 1.82) is 0 Å². The van der Waals surface area contributed by atoms with Crippen LogP contribution in [-0.4, -0.2) is 30.2 Å². The van der Waals surface area contributed by atoms with E-state index in [-0.39, 0.29) is 17.6 Å². The summed E-state index contributed by atoms with van der Waals surface area (Å²) in [4.78, 5) is 12.4. The number of aliphatic hydroxyl groups is 1. The third-order valence-electron chi connectivity index (χ3n) is 4.46. The summed E-state index contributed by atoms with van der Waals surface area (Å²) in [5.74, 6) is 0.638. The number of hydrogen-bond donors (Lipinski definition) is 1. The average Bonchev–Trinajstić information content (AvgIpc) is 2.39. The first-order valence-corrected chi connectivity index (χ1v) is 7.82. The Hall–Kier alpha value is -0.670. The normalized spacial score (nSPS) is 31.9. The van der Waals surface area contributed by atoms with E-state index in [4.69, 9.17) is 4.74 Å². The standard InChI is InChI=1S/C17H30O3/c1-6-13-10-14(18)15(17(20-5)16(13)19)12(4)9-7-8-11(2)3/h9,11,13,15-17,19H,6-8,10H2,1-5H3/b12-9+. The molecule has 0 aliphatic heterocycles. The predicted molar refractivity (Wildman–Crippen MR) is 81.5 cm³/mol. The van der Waals surface area contributed by atoms with Crippen LogP contribution in [0.5, 0.6) is 0 Å². The Morgan fingerprint density at radius 2 is 2.15 bits per heavy atom. The number of ketones is 1. The van der Waals surface area contributed by atoms with E-state index in [2.05, 4.69) is 19.9 Å². The van der Waals surface area contributed by atoms with Crippen molar-refractivity contribution in [3.8, 4) is 0 Å². The number of carbonyl (C=O) groups excluding carboxylic acids is 1. The molecule has 3 nitrogen and oxygen atoms in total. The molecule has 1 rings (SSSR count). The van der Waals surface area contributed by atoms with Crippen LogP contribution >= 0.6 is 0 Å². The molecule has 20 heavy (non-hydrogen) atoms. The number of methoxy groups -OCH3 is 1. The maximum Gasteiger partial charge on any atom is 0.143 e. The Kier molecular flexibility index (Phi) is 6.90. The summed E-state index contributed by atoms with van der Waals surface area (Å²) >= 11 is 0. The lowest BCUT2D eigenvalue weighted by Crippen LogP contribution is -2.49. The van der Waals surface area contributed by atoms with Crippen LogP contribution in [-0.2, 0) is 9.53 Å². The van der Waals surface area contributed by atoms with Gasteiger partial charge in [-0.1, -0.05) is 38.8 Å². The highest BCUT2D eigenvalue weighted by Gasteiger charge is 2.43. The van der Waals surface area contributed by atoms with Crippen LogP contribution in [0.4, 0.5) is 0 Å². The van der Waals surface area contributed by atoms with Gasteiger partial charge in [0.25, 0.3) is 0 Å². The van der Waals surface area contributed by atoms with Crippen LogP contribution in [0.15, 0.2) is 11.6 Å². The SMILES string of the molecule is CCC1CC(=O)C(/C(C)=C/CCC(C)C)C(OC)C1O.